The van der Waals surface area contributed by atoms with Gasteiger partial charge in [-0.3, -0.25) is 0 Å². The maximum absolute atomic E-state index is 6.36. The molecule has 0 unspecified atom stereocenters. The summed E-state index contributed by atoms with van der Waals surface area (Å²) in [6.45, 7) is 0. The van der Waals surface area contributed by atoms with Crippen LogP contribution < -0.4 is 0 Å². The third-order valence-electron chi connectivity index (χ3n) is 3.05. The fourth-order valence-corrected chi connectivity index (χ4v) is 3.55. The lowest BCUT2D eigenvalue weighted by atomic mass is 10.1. The summed E-state index contributed by atoms with van der Waals surface area (Å²) in [6.07, 6.45) is 1.62. The van der Waals surface area contributed by atoms with Crippen LogP contribution in [-0.4, -0.2) is 15.8 Å². The van der Waals surface area contributed by atoms with Crippen LogP contribution in [0.4, 0.5) is 0 Å². The van der Waals surface area contributed by atoms with Crippen LogP contribution in [-0.2, 0) is 6.42 Å². The van der Waals surface area contributed by atoms with E-state index in [1.54, 1.807) is 11.3 Å². The van der Waals surface area contributed by atoms with Crippen molar-refractivity contribution < 1.29 is 0 Å². The molecule has 102 valence electrons. The van der Waals surface area contributed by atoms with Crippen molar-refractivity contribution >= 4 is 44.8 Å². The van der Waals surface area contributed by atoms with E-state index in [0.717, 1.165) is 40.0 Å². The lowest BCUT2D eigenvalue weighted by Gasteiger charge is -2.03. The lowest BCUT2D eigenvalue weighted by molar-refractivity contribution is 0.851. The standard InChI is InChI=1S/C15H12Cl2N2S/c16-8-4-7-12-18-14(17)13-11(9-20-15(13)19-12)10-5-2-1-3-6-10/h1-3,5-6,9H,4,7-8H2. The smallest absolute Gasteiger partial charge is 0.142 e. The predicted molar refractivity (Wildman–Crippen MR) is 86.9 cm³/mol. The second kappa shape index (κ2) is 6.08. The zero-order valence-electron chi connectivity index (χ0n) is 10.6. The first-order valence-corrected chi connectivity index (χ1v) is 8.14. The van der Waals surface area contributed by atoms with Crippen LogP contribution >= 0.6 is 34.5 Å². The average molecular weight is 323 g/mol. The number of nitrogens with zero attached hydrogens (tertiary/aromatic N) is 2. The Labute approximate surface area is 131 Å². The summed E-state index contributed by atoms with van der Waals surface area (Å²) in [6, 6.07) is 10.2. The zero-order chi connectivity index (χ0) is 13.9. The van der Waals surface area contributed by atoms with Crippen molar-refractivity contribution in [2.24, 2.45) is 0 Å². The van der Waals surface area contributed by atoms with Crippen molar-refractivity contribution in [2.75, 3.05) is 5.88 Å². The number of aryl methyl sites for hydroxylation is 1. The maximum Gasteiger partial charge on any atom is 0.142 e. The van der Waals surface area contributed by atoms with Crippen molar-refractivity contribution in [2.45, 2.75) is 12.8 Å². The molecule has 2 heterocycles. The monoisotopic (exact) mass is 322 g/mol. The van der Waals surface area contributed by atoms with Crippen LogP contribution in [0.5, 0.6) is 0 Å². The van der Waals surface area contributed by atoms with Gasteiger partial charge in [-0.15, -0.1) is 22.9 Å². The Morgan fingerprint density at radius 1 is 1.10 bits per heavy atom. The Morgan fingerprint density at radius 3 is 2.65 bits per heavy atom. The number of halogens is 2. The quantitative estimate of drug-likeness (QED) is 0.488. The molecule has 0 radical (unpaired) electrons. The number of alkyl halides is 1. The molecule has 2 aromatic heterocycles. The molecule has 20 heavy (non-hydrogen) atoms. The summed E-state index contributed by atoms with van der Waals surface area (Å²) < 4.78 is 0. The van der Waals surface area contributed by atoms with Gasteiger partial charge in [-0.05, 0) is 12.0 Å². The SMILES string of the molecule is ClCCCc1nc(Cl)c2c(-c3ccccc3)csc2n1. The fraction of sp³-hybridized carbons (Fsp3) is 0.200. The Kier molecular flexibility index (Phi) is 4.20. The van der Waals surface area contributed by atoms with Gasteiger partial charge in [-0.25, -0.2) is 9.97 Å². The van der Waals surface area contributed by atoms with E-state index >= 15 is 0 Å². The molecule has 0 aliphatic carbocycles. The lowest BCUT2D eigenvalue weighted by Crippen LogP contribution is -1.96. The highest BCUT2D eigenvalue weighted by Gasteiger charge is 2.13. The van der Waals surface area contributed by atoms with Crippen molar-refractivity contribution in [3.63, 3.8) is 0 Å². The van der Waals surface area contributed by atoms with E-state index in [2.05, 4.69) is 27.5 Å². The largest absolute Gasteiger partial charge is 0.222 e. The molecule has 0 aliphatic heterocycles. The van der Waals surface area contributed by atoms with Gasteiger partial charge in [0.2, 0.25) is 0 Å². The molecule has 0 spiro atoms. The summed E-state index contributed by atoms with van der Waals surface area (Å²) in [7, 11) is 0. The van der Waals surface area contributed by atoms with Crippen LogP contribution in [0.2, 0.25) is 5.15 Å². The van der Waals surface area contributed by atoms with Crippen LogP contribution in [0.1, 0.15) is 12.2 Å². The number of benzene rings is 1. The molecule has 0 bridgehead atoms. The van der Waals surface area contributed by atoms with E-state index in [1.807, 2.05) is 18.2 Å². The fourth-order valence-electron chi connectivity index (χ4n) is 2.11. The summed E-state index contributed by atoms with van der Waals surface area (Å²) in [5, 5.41) is 3.56. The Hall–Kier alpha value is -1.16. The first-order valence-electron chi connectivity index (χ1n) is 6.34. The van der Waals surface area contributed by atoms with Gasteiger partial charge in [0.05, 0.1) is 5.39 Å². The van der Waals surface area contributed by atoms with E-state index in [-0.39, 0.29) is 0 Å². The summed E-state index contributed by atoms with van der Waals surface area (Å²) in [5.41, 5.74) is 2.23. The second-order valence-electron chi connectivity index (χ2n) is 4.42. The number of hydrogen-bond acceptors (Lipinski definition) is 3. The van der Waals surface area contributed by atoms with Gasteiger partial charge in [0.1, 0.15) is 15.8 Å². The van der Waals surface area contributed by atoms with E-state index in [4.69, 9.17) is 23.2 Å². The Morgan fingerprint density at radius 2 is 1.90 bits per heavy atom. The van der Waals surface area contributed by atoms with E-state index in [0.29, 0.717) is 11.0 Å². The zero-order valence-corrected chi connectivity index (χ0v) is 13.0. The third kappa shape index (κ3) is 2.66. The highest BCUT2D eigenvalue weighted by Crippen LogP contribution is 2.36. The molecule has 0 fully saturated rings. The average Bonchev–Trinajstić information content (AvgIpc) is 2.90. The number of aromatic nitrogens is 2. The van der Waals surface area contributed by atoms with Crippen molar-refractivity contribution in [3.05, 3.63) is 46.7 Å². The molecule has 0 N–H and O–H groups in total. The maximum atomic E-state index is 6.36. The summed E-state index contributed by atoms with van der Waals surface area (Å²) in [5.74, 6) is 1.38. The minimum absolute atomic E-state index is 0.527. The van der Waals surface area contributed by atoms with E-state index in [9.17, 15) is 0 Å². The van der Waals surface area contributed by atoms with Crippen molar-refractivity contribution in [1.82, 2.24) is 9.97 Å². The second-order valence-corrected chi connectivity index (χ2v) is 6.01. The minimum atomic E-state index is 0.527. The molecule has 5 heteroatoms. The summed E-state index contributed by atoms with van der Waals surface area (Å²) in [4.78, 5) is 9.92. The molecule has 0 amide bonds. The van der Waals surface area contributed by atoms with Gasteiger partial charge >= 0.3 is 0 Å². The molecular formula is C15H12Cl2N2S. The molecule has 1 aromatic carbocycles. The van der Waals surface area contributed by atoms with Crippen LogP contribution in [0.15, 0.2) is 35.7 Å². The van der Waals surface area contributed by atoms with E-state index in [1.165, 1.54) is 0 Å². The van der Waals surface area contributed by atoms with Gasteiger partial charge in [-0.1, -0.05) is 41.9 Å². The van der Waals surface area contributed by atoms with Crippen LogP contribution in [0.25, 0.3) is 21.3 Å². The highest BCUT2D eigenvalue weighted by atomic mass is 35.5. The number of hydrogen-bond donors (Lipinski definition) is 0. The molecule has 0 saturated heterocycles. The number of rotatable bonds is 4. The predicted octanol–water partition coefficient (Wildman–Crippen LogP) is 5.18. The number of thiophene rings is 1. The van der Waals surface area contributed by atoms with Crippen molar-refractivity contribution in [1.29, 1.82) is 0 Å². The molecule has 0 atom stereocenters. The molecule has 2 nitrogen and oxygen atoms in total. The first-order chi connectivity index (χ1) is 9.79. The molecule has 0 saturated carbocycles. The topological polar surface area (TPSA) is 25.8 Å². The van der Waals surface area contributed by atoms with E-state index < -0.39 is 0 Å². The van der Waals surface area contributed by atoms with Crippen molar-refractivity contribution in [3.8, 4) is 11.1 Å². The molecule has 3 aromatic rings. The van der Waals surface area contributed by atoms with Gasteiger partial charge in [-0.2, -0.15) is 0 Å². The van der Waals surface area contributed by atoms with Gasteiger partial charge in [0.15, 0.2) is 0 Å². The third-order valence-corrected chi connectivity index (χ3v) is 4.47. The molecule has 0 aliphatic rings. The van der Waals surface area contributed by atoms with Gasteiger partial charge in [0, 0.05) is 23.2 Å². The summed E-state index contributed by atoms with van der Waals surface area (Å²) >= 11 is 13.7. The highest BCUT2D eigenvalue weighted by molar-refractivity contribution is 7.17. The van der Waals surface area contributed by atoms with Gasteiger partial charge in [0.25, 0.3) is 0 Å². The van der Waals surface area contributed by atoms with Crippen LogP contribution in [0.3, 0.4) is 0 Å². The minimum Gasteiger partial charge on any atom is -0.222 e. The Bertz CT molecular complexity index is 725. The normalized spacial score (nSPS) is 11.1. The Balaban J connectivity index is 2.09. The molecule has 3 rings (SSSR count). The van der Waals surface area contributed by atoms with Gasteiger partial charge < -0.3 is 0 Å². The molecular weight excluding hydrogens is 311 g/mol. The first kappa shape index (κ1) is 13.8. The van der Waals surface area contributed by atoms with Crippen LogP contribution in [0, 0.1) is 0 Å². The number of fused-ring (bicyclic) bond motifs is 1.